The first-order valence-corrected chi connectivity index (χ1v) is 6.42. The molecule has 0 saturated heterocycles. The zero-order valence-electron chi connectivity index (χ0n) is 11.0. The van der Waals surface area contributed by atoms with Crippen LogP contribution in [0.15, 0.2) is 24.3 Å². The normalized spacial score (nSPS) is 15.2. The van der Waals surface area contributed by atoms with Gasteiger partial charge in [0.2, 0.25) is 0 Å². The molecule has 0 heterocycles. The number of hydrogen-bond acceptors (Lipinski definition) is 2. The average molecular weight is 267 g/mol. The van der Waals surface area contributed by atoms with Gasteiger partial charge in [-0.2, -0.15) is 0 Å². The second-order valence-corrected chi connectivity index (χ2v) is 4.94. The van der Waals surface area contributed by atoms with Gasteiger partial charge in [-0.25, -0.2) is 0 Å². The molecule has 0 fully saturated rings. The first-order valence-electron chi connectivity index (χ1n) is 5.99. The summed E-state index contributed by atoms with van der Waals surface area (Å²) in [7, 11) is 1.64. The van der Waals surface area contributed by atoms with Crippen molar-refractivity contribution in [3.63, 3.8) is 0 Å². The van der Waals surface area contributed by atoms with E-state index in [0.29, 0.717) is 12.8 Å². The summed E-state index contributed by atoms with van der Waals surface area (Å²) < 4.78 is 5.09. The highest BCUT2D eigenvalue weighted by atomic mass is 35.5. The molecule has 1 N–H and O–H groups in total. The molecule has 1 aromatic carbocycles. The largest absolute Gasteiger partial charge is 0.497 e. The quantitative estimate of drug-likeness (QED) is 0.671. The van der Waals surface area contributed by atoms with E-state index in [4.69, 9.17) is 16.3 Å². The number of alkyl halides is 1. The van der Waals surface area contributed by atoms with Crippen molar-refractivity contribution in [3.8, 4) is 17.6 Å². The second kappa shape index (κ2) is 6.68. The maximum absolute atomic E-state index is 9.76. The smallest absolute Gasteiger partial charge is 0.122 e. The molecule has 0 saturated carbocycles. The Morgan fingerprint density at radius 1 is 1.39 bits per heavy atom. The molecule has 0 aromatic heterocycles. The van der Waals surface area contributed by atoms with Gasteiger partial charge in [-0.1, -0.05) is 30.9 Å². The van der Waals surface area contributed by atoms with E-state index in [-0.39, 0.29) is 5.38 Å². The predicted molar refractivity (Wildman–Crippen MR) is 75.0 cm³/mol. The Bertz CT molecular complexity index is 426. The highest BCUT2D eigenvalue weighted by molar-refractivity contribution is 6.22. The molecule has 1 rings (SSSR count). The Labute approximate surface area is 114 Å². The zero-order valence-corrected chi connectivity index (χ0v) is 11.8. The molecule has 0 amide bonds. The Balaban J connectivity index is 2.61. The number of methoxy groups -OCH3 is 1. The first-order chi connectivity index (χ1) is 8.46. The molecule has 0 aliphatic carbocycles. The van der Waals surface area contributed by atoms with Crippen molar-refractivity contribution in [1.82, 2.24) is 0 Å². The number of benzene rings is 1. The van der Waals surface area contributed by atoms with E-state index in [0.717, 1.165) is 11.3 Å². The van der Waals surface area contributed by atoms with Gasteiger partial charge in [0, 0.05) is 0 Å². The van der Waals surface area contributed by atoms with Crippen molar-refractivity contribution in [3.05, 3.63) is 29.8 Å². The third-order valence-corrected chi connectivity index (χ3v) is 3.02. The molecule has 0 bridgehead atoms. The fourth-order valence-electron chi connectivity index (χ4n) is 1.34. The van der Waals surface area contributed by atoms with Gasteiger partial charge in [-0.05, 0) is 37.5 Å². The molecule has 2 atom stereocenters. The van der Waals surface area contributed by atoms with E-state index in [1.165, 1.54) is 0 Å². The van der Waals surface area contributed by atoms with Crippen LogP contribution in [0.3, 0.4) is 0 Å². The first kappa shape index (κ1) is 14.9. The van der Waals surface area contributed by atoms with Gasteiger partial charge < -0.3 is 9.84 Å². The summed E-state index contributed by atoms with van der Waals surface area (Å²) >= 11 is 6.14. The SMILES string of the molecule is CCC(C)(O)C#CC(Cl)Cc1ccc(OC)cc1. The summed E-state index contributed by atoms with van der Waals surface area (Å²) in [4.78, 5) is 0. The van der Waals surface area contributed by atoms with Crippen LogP contribution >= 0.6 is 11.6 Å². The minimum absolute atomic E-state index is 0.295. The van der Waals surface area contributed by atoms with Crippen LogP contribution in [-0.2, 0) is 6.42 Å². The number of ether oxygens (including phenoxy) is 1. The molecule has 0 aliphatic rings. The van der Waals surface area contributed by atoms with Crippen molar-refractivity contribution >= 4 is 11.6 Å². The minimum Gasteiger partial charge on any atom is -0.497 e. The van der Waals surface area contributed by atoms with Crippen molar-refractivity contribution in [2.45, 2.75) is 37.7 Å². The molecule has 0 radical (unpaired) electrons. The van der Waals surface area contributed by atoms with Gasteiger partial charge in [-0.3, -0.25) is 0 Å². The lowest BCUT2D eigenvalue weighted by Crippen LogP contribution is -2.20. The molecular formula is C15H19ClO2. The molecule has 3 heteroatoms. The van der Waals surface area contributed by atoms with Gasteiger partial charge in [-0.15, -0.1) is 11.6 Å². The van der Waals surface area contributed by atoms with E-state index < -0.39 is 5.60 Å². The van der Waals surface area contributed by atoms with E-state index in [9.17, 15) is 5.11 Å². The molecule has 2 nitrogen and oxygen atoms in total. The third kappa shape index (κ3) is 5.00. The molecular weight excluding hydrogens is 248 g/mol. The van der Waals surface area contributed by atoms with Crippen LogP contribution in [0.4, 0.5) is 0 Å². The van der Waals surface area contributed by atoms with Gasteiger partial charge in [0.25, 0.3) is 0 Å². The lowest BCUT2D eigenvalue weighted by Gasteiger charge is -2.12. The summed E-state index contributed by atoms with van der Waals surface area (Å²) in [5.74, 6) is 6.51. The maximum atomic E-state index is 9.76. The summed E-state index contributed by atoms with van der Waals surface area (Å²) in [5.41, 5.74) is 0.147. The van der Waals surface area contributed by atoms with Gasteiger partial charge in [0.15, 0.2) is 0 Å². The van der Waals surface area contributed by atoms with Gasteiger partial charge >= 0.3 is 0 Å². The Morgan fingerprint density at radius 2 is 2.00 bits per heavy atom. The highest BCUT2D eigenvalue weighted by Crippen LogP contribution is 2.14. The number of rotatable bonds is 4. The standard InChI is InChI=1S/C15H19ClO2/c1-4-15(2,17)10-9-13(16)11-12-5-7-14(18-3)8-6-12/h5-8,13,17H,4,11H2,1-3H3. The van der Waals surface area contributed by atoms with Crippen LogP contribution in [0.25, 0.3) is 0 Å². The molecule has 1 aromatic rings. The van der Waals surface area contributed by atoms with E-state index >= 15 is 0 Å². The van der Waals surface area contributed by atoms with E-state index in [2.05, 4.69) is 11.8 Å². The Hall–Kier alpha value is -1.17. The van der Waals surface area contributed by atoms with E-state index in [1.807, 2.05) is 31.2 Å². The van der Waals surface area contributed by atoms with Crippen LogP contribution in [0.5, 0.6) is 5.75 Å². The van der Waals surface area contributed by atoms with Crippen LogP contribution in [-0.4, -0.2) is 23.2 Å². The molecule has 2 unspecified atom stereocenters. The average Bonchev–Trinajstić information content (AvgIpc) is 2.37. The summed E-state index contributed by atoms with van der Waals surface area (Å²) in [5, 5.41) is 9.46. The minimum atomic E-state index is -0.951. The second-order valence-electron chi connectivity index (χ2n) is 4.42. The van der Waals surface area contributed by atoms with Crippen molar-refractivity contribution < 1.29 is 9.84 Å². The fraction of sp³-hybridized carbons (Fsp3) is 0.467. The number of halogens is 1. The van der Waals surface area contributed by atoms with Gasteiger partial charge in [0.1, 0.15) is 11.4 Å². The maximum Gasteiger partial charge on any atom is 0.122 e. The molecule has 18 heavy (non-hydrogen) atoms. The lowest BCUT2D eigenvalue weighted by molar-refractivity contribution is 0.118. The number of aliphatic hydroxyl groups is 1. The third-order valence-electron chi connectivity index (χ3n) is 2.76. The van der Waals surface area contributed by atoms with Crippen molar-refractivity contribution in [2.75, 3.05) is 7.11 Å². The molecule has 98 valence electrons. The van der Waals surface area contributed by atoms with Crippen LogP contribution in [0.1, 0.15) is 25.8 Å². The topological polar surface area (TPSA) is 29.5 Å². The predicted octanol–water partition coefficient (Wildman–Crippen LogP) is 3.01. The van der Waals surface area contributed by atoms with Crippen LogP contribution < -0.4 is 4.74 Å². The summed E-state index contributed by atoms with van der Waals surface area (Å²) in [6, 6.07) is 7.73. The van der Waals surface area contributed by atoms with Crippen LogP contribution in [0.2, 0.25) is 0 Å². The van der Waals surface area contributed by atoms with Crippen LogP contribution in [0, 0.1) is 11.8 Å². The lowest BCUT2D eigenvalue weighted by atomic mass is 10.0. The van der Waals surface area contributed by atoms with Crippen molar-refractivity contribution in [1.29, 1.82) is 0 Å². The van der Waals surface area contributed by atoms with E-state index in [1.54, 1.807) is 14.0 Å². The number of hydrogen-bond donors (Lipinski definition) is 1. The zero-order chi connectivity index (χ0) is 13.6. The monoisotopic (exact) mass is 266 g/mol. The summed E-state index contributed by atoms with van der Waals surface area (Å²) in [6.07, 6.45) is 1.24. The fourth-order valence-corrected chi connectivity index (χ4v) is 1.57. The molecule has 0 aliphatic heterocycles. The Kier molecular flexibility index (Phi) is 5.53. The summed E-state index contributed by atoms with van der Waals surface area (Å²) in [6.45, 7) is 3.58. The Morgan fingerprint density at radius 3 is 2.50 bits per heavy atom. The highest BCUT2D eigenvalue weighted by Gasteiger charge is 2.13. The molecule has 0 spiro atoms. The van der Waals surface area contributed by atoms with Crippen molar-refractivity contribution in [2.24, 2.45) is 0 Å². The van der Waals surface area contributed by atoms with Gasteiger partial charge in [0.05, 0.1) is 12.5 Å².